The molecular weight excluding hydrogens is 156 g/mol. The molecule has 0 amide bonds. The smallest absolute Gasteiger partial charge is 0.0870 e. The van der Waals surface area contributed by atoms with Gasteiger partial charge in [0.1, 0.15) is 0 Å². The number of hydrogen-bond donors (Lipinski definition) is 1. The molecule has 2 aliphatic rings. The Hall–Kier alpha value is -0.150. The van der Waals surface area contributed by atoms with Crippen LogP contribution in [0.25, 0.3) is 0 Å². The standard InChI is InChI=1S/C8H14N2S/c9-8(11)5-10-4-6-1-2-7(10)3-6/h6-7H,1-5H2,(H2,9,11). The maximum atomic E-state index is 5.49. The highest BCUT2D eigenvalue weighted by molar-refractivity contribution is 7.80. The first kappa shape index (κ1) is 7.50. The zero-order valence-corrected chi connectivity index (χ0v) is 7.44. The van der Waals surface area contributed by atoms with E-state index in [1.807, 2.05) is 0 Å². The van der Waals surface area contributed by atoms with Crippen molar-refractivity contribution < 1.29 is 0 Å². The first-order valence-electron chi connectivity index (χ1n) is 4.28. The predicted octanol–water partition coefficient (Wildman–Crippen LogP) is 0.757. The number of piperidine rings is 1. The summed E-state index contributed by atoms with van der Waals surface area (Å²) in [6, 6.07) is 0.807. The fourth-order valence-corrected chi connectivity index (χ4v) is 2.59. The predicted molar refractivity (Wildman–Crippen MR) is 49.5 cm³/mol. The van der Waals surface area contributed by atoms with Crippen LogP contribution in [-0.4, -0.2) is 29.0 Å². The molecular formula is C8H14N2S. The van der Waals surface area contributed by atoms with E-state index in [1.165, 1.54) is 25.8 Å². The van der Waals surface area contributed by atoms with Gasteiger partial charge in [-0.3, -0.25) is 4.90 Å². The van der Waals surface area contributed by atoms with Crippen LogP contribution in [0, 0.1) is 5.92 Å². The quantitative estimate of drug-likeness (QED) is 0.620. The van der Waals surface area contributed by atoms with Crippen molar-refractivity contribution in [1.82, 2.24) is 4.90 Å². The molecule has 1 aliphatic carbocycles. The van der Waals surface area contributed by atoms with Gasteiger partial charge in [0.2, 0.25) is 0 Å². The minimum absolute atomic E-state index is 0.651. The number of likely N-dealkylation sites (tertiary alicyclic amines) is 1. The summed E-state index contributed by atoms with van der Waals surface area (Å²) < 4.78 is 0. The zero-order valence-electron chi connectivity index (χ0n) is 6.62. The summed E-state index contributed by atoms with van der Waals surface area (Å²) in [5, 5.41) is 0. The normalized spacial score (nSPS) is 36.4. The average molecular weight is 170 g/mol. The Morgan fingerprint density at radius 1 is 1.55 bits per heavy atom. The van der Waals surface area contributed by atoms with Crippen LogP contribution in [0.1, 0.15) is 19.3 Å². The van der Waals surface area contributed by atoms with Gasteiger partial charge in [0.05, 0.1) is 4.99 Å². The summed E-state index contributed by atoms with van der Waals surface area (Å²) in [6.45, 7) is 2.08. The maximum Gasteiger partial charge on any atom is 0.0870 e. The Labute approximate surface area is 72.7 Å². The molecule has 0 aromatic heterocycles. The first-order valence-corrected chi connectivity index (χ1v) is 4.69. The first-order chi connectivity index (χ1) is 5.25. The van der Waals surface area contributed by atoms with Crippen LogP contribution >= 0.6 is 12.2 Å². The van der Waals surface area contributed by atoms with Crippen molar-refractivity contribution >= 4 is 17.2 Å². The molecule has 2 unspecified atom stereocenters. The second kappa shape index (κ2) is 2.72. The molecule has 1 saturated carbocycles. The average Bonchev–Trinajstić information content (AvgIpc) is 2.45. The zero-order chi connectivity index (χ0) is 7.84. The third-order valence-corrected chi connectivity index (χ3v) is 3.01. The van der Waals surface area contributed by atoms with E-state index >= 15 is 0 Å². The number of thiocarbonyl (C=S) groups is 1. The molecule has 1 saturated heterocycles. The lowest BCUT2D eigenvalue weighted by Crippen LogP contribution is -2.38. The second-order valence-electron chi connectivity index (χ2n) is 3.73. The van der Waals surface area contributed by atoms with E-state index in [2.05, 4.69) is 4.90 Å². The molecule has 2 atom stereocenters. The van der Waals surface area contributed by atoms with Gasteiger partial charge in [-0.15, -0.1) is 0 Å². The highest BCUT2D eigenvalue weighted by Crippen LogP contribution is 2.36. The molecule has 2 N–H and O–H groups in total. The fraction of sp³-hybridized carbons (Fsp3) is 0.875. The number of fused-ring (bicyclic) bond motifs is 2. The summed E-state index contributed by atoms with van der Waals surface area (Å²) in [5.41, 5.74) is 5.49. The summed E-state index contributed by atoms with van der Waals surface area (Å²) in [4.78, 5) is 3.09. The van der Waals surface area contributed by atoms with Gasteiger partial charge in [-0.25, -0.2) is 0 Å². The van der Waals surface area contributed by atoms with Gasteiger partial charge in [-0.05, 0) is 25.2 Å². The van der Waals surface area contributed by atoms with Gasteiger partial charge in [-0.2, -0.15) is 0 Å². The van der Waals surface area contributed by atoms with Gasteiger partial charge in [-0.1, -0.05) is 12.2 Å². The van der Waals surface area contributed by atoms with E-state index in [9.17, 15) is 0 Å². The van der Waals surface area contributed by atoms with Crippen LogP contribution < -0.4 is 5.73 Å². The van der Waals surface area contributed by atoms with Crippen molar-refractivity contribution in [3.8, 4) is 0 Å². The van der Waals surface area contributed by atoms with Crippen molar-refractivity contribution in [2.45, 2.75) is 25.3 Å². The molecule has 0 spiro atoms. The Balaban J connectivity index is 1.92. The molecule has 2 nitrogen and oxygen atoms in total. The number of nitrogens with zero attached hydrogens (tertiary/aromatic N) is 1. The monoisotopic (exact) mass is 170 g/mol. The minimum Gasteiger partial charge on any atom is -0.392 e. The van der Waals surface area contributed by atoms with E-state index in [1.54, 1.807) is 0 Å². The van der Waals surface area contributed by atoms with Crippen molar-refractivity contribution in [2.75, 3.05) is 13.1 Å². The summed E-state index contributed by atoms with van der Waals surface area (Å²) in [6.07, 6.45) is 4.19. The number of nitrogens with two attached hydrogens (primary N) is 1. The van der Waals surface area contributed by atoms with Crippen LogP contribution in [-0.2, 0) is 0 Å². The van der Waals surface area contributed by atoms with Gasteiger partial charge < -0.3 is 5.73 Å². The molecule has 0 aromatic rings. The van der Waals surface area contributed by atoms with Crippen LogP contribution in [0.5, 0.6) is 0 Å². The lowest BCUT2D eigenvalue weighted by Gasteiger charge is -2.25. The molecule has 2 fully saturated rings. The molecule has 0 radical (unpaired) electrons. The molecule has 11 heavy (non-hydrogen) atoms. The Kier molecular flexibility index (Phi) is 1.85. The van der Waals surface area contributed by atoms with Crippen molar-refractivity contribution in [2.24, 2.45) is 11.7 Å². The summed E-state index contributed by atoms with van der Waals surface area (Å²) in [7, 11) is 0. The highest BCUT2D eigenvalue weighted by atomic mass is 32.1. The van der Waals surface area contributed by atoms with E-state index in [0.717, 1.165) is 18.5 Å². The molecule has 1 heterocycles. The minimum atomic E-state index is 0.651. The summed E-state index contributed by atoms with van der Waals surface area (Å²) in [5.74, 6) is 0.953. The van der Waals surface area contributed by atoms with Crippen molar-refractivity contribution in [1.29, 1.82) is 0 Å². The summed E-state index contributed by atoms with van der Waals surface area (Å²) >= 11 is 4.88. The van der Waals surface area contributed by atoms with E-state index in [4.69, 9.17) is 18.0 Å². The Morgan fingerprint density at radius 3 is 2.82 bits per heavy atom. The van der Waals surface area contributed by atoms with Crippen LogP contribution in [0.4, 0.5) is 0 Å². The van der Waals surface area contributed by atoms with Gasteiger partial charge in [0.15, 0.2) is 0 Å². The van der Waals surface area contributed by atoms with Crippen molar-refractivity contribution in [3.63, 3.8) is 0 Å². The second-order valence-corrected chi connectivity index (χ2v) is 4.25. The lowest BCUT2D eigenvalue weighted by molar-refractivity contribution is 0.243. The third kappa shape index (κ3) is 1.40. The molecule has 0 aromatic carbocycles. The van der Waals surface area contributed by atoms with E-state index in [-0.39, 0.29) is 0 Å². The highest BCUT2D eigenvalue weighted by Gasteiger charge is 2.37. The van der Waals surface area contributed by atoms with Crippen LogP contribution in [0.15, 0.2) is 0 Å². The molecule has 2 rings (SSSR count). The topological polar surface area (TPSA) is 29.3 Å². The van der Waals surface area contributed by atoms with Crippen LogP contribution in [0.2, 0.25) is 0 Å². The third-order valence-electron chi connectivity index (χ3n) is 2.88. The molecule has 1 aliphatic heterocycles. The van der Waals surface area contributed by atoms with E-state index < -0.39 is 0 Å². The Morgan fingerprint density at radius 2 is 2.36 bits per heavy atom. The Bertz CT molecular complexity index is 181. The van der Waals surface area contributed by atoms with Crippen molar-refractivity contribution in [3.05, 3.63) is 0 Å². The number of rotatable bonds is 2. The van der Waals surface area contributed by atoms with Gasteiger partial charge in [0, 0.05) is 19.1 Å². The fourth-order valence-electron chi connectivity index (χ4n) is 2.42. The van der Waals surface area contributed by atoms with Crippen LogP contribution in [0.3, 0.4) is 0 Å². The SMILES string of the molecule is NC(=S)CN1CC2CCC1C2. The lowest BCUT2D eigenvalue weighted by atomic mass is 10.1. The van der Waals surface area contributed by atoms with Gasteiger partial charge >= 0.3 is 0 Å². The molecule has 2 bridgehead atoms. The number of hydrogen-bond acceptors (Lipinski definition) is 2. The largest absolute Gasteiger partial charge is 0.392 e. The molecule has 3 heteroatoms. The molecule has 62 valence electrons. The van der Waals surface area contributed by atoms with Gasteiger partial charge in [0.25, 0.3) is 0 Å². The van der Waals surface area contributed by atoms with E-state index in [0.29, 0.717) is 4.99 Å². The maximum absolute atomic E-state index is 5.49.